The Morgan fingerprint density at radius 2 is 2.23 bits per heavy atom. The third-order valence-electron chi connectivity index (χ3n) is 4.99. The van der Waals surface area contributed by atoms with Crippen LogP contribution in [0.4, 0.5) is 0 Å². The summed E-state index contributed by atoms with van der Waals surface area (Å²) in [5.74, 6) is -0.744. The molecule has 26 heavy (non-hydrogen) atoms. The number of aryl methyl sites for hydroxylation is 1. The SMILES string of the molecule is Cc1occc1C(=O)N1CC[C@H](N(C)Cc2cccnc2)C[C@H]1C(=O)O. The third kappa shape index (κ3) is 3.77. The summed E-state index contributed by atoms with van der Waals surface area (Å²) >= 11 is 0. The summed E-state index contributed by atoms with van der Waals surface area (Å²) in [6.07, 6.45) is 6.11. The zero-order valence-corrected chi connectivity index (χ0v) is 15.0. The van der Waals surface area contributed by atoms with E-state index in [4.69, 9.17) is 4.42 Å². The molecule has 0 aliphatic carbocycles. The van der Waals surface area contributed by atoms with Crippen LogP contribution in [0.3, 0.4) is 0 Å². The van der Waals surface area contributed by atoms with Crippen LogP contribution < -0.4 is 0 Å². The first-order chi connectivity index (χ1) is 12.5. The maximum Gasteiger partial charge on any atom is 0.326 e. The number of hydrogen-bond acceptors (Lipinski definition) is 5. The van der Waals surface area contributed by atoms with Crippen LogP contribution in [0.15, 0.2) is 41.3 Å². The second kappa shape index (κ2) is 7.70. The highest BCUT2D eigenvalue weighted by atomic mass is 16.4. The van der Waals surface area contributed by atoms with Gasteiger partial charge in [-0.3, -0.25) is 14.7 Å². The van der Waals surface area contributed by atoms with Crippen molar-refractivity contribution in [2.24, 2.45) is 0 Å². The normalized spacial score (nSPS) is 20.3. The van der Waals surface area contributed by atoms with Crippen molar-refractivity contribution in [2.75, 3.05) is 13.6 Å². The number of amides is 1. The second-order valence-corrected chi connectivity index (χ2v) is 6.70. The Balaban J connectivity index is 1.71. The molecule has 0 saturated carbocycles. The first kappa shape index (κ1) is 18.1. The highest BCUT2D eigenvalue weighted by molar-refractivity contribution is 5.97. The summed E-state index contributed by atoms with van der Waals surface area (Å²) in [7, 11) is 1.98. The molecule has 0 unspecified atom stereocenters. The Bertz CT molecular complexity index is 774. The molecular weight excluding hydrogens is 334 g/mol. The van der Waals surface area contributed by atoms with E-state index in [1.54, 1.807) is 19.2 Å². The van der Waals surface area contributed by atoms with Crippen LogP contribution in [0.25, 0.3) is 0 Å². The van der Waals surface area contributed by atoms with E-state index in [1.165, 1.54) is 11.2 Å². The van der Waals surface area contributed by atoms with Crippen molar-refractivity contribution in [3.8, 4) is 0 Å². The van der Waals surface area contributed by atoms with Gasteiger partial charge in [0.05, 0.1) is 11.8 Å². The summed E-state index contributed by atoms with van der Waals surface area (Å²) in [5, 5.41) is 9.67. The molecule has 1 N–H and O–H groups in total. The molecule has 7 heteroatoms. The van der Waals surface area contributed by atoms with E-state index in [1.807, 2.05) is 25.4 Å². The minimum Gasteiger partial charge on any atom is -0.480 e. The predicted octanol–water partition coefficient (Wildman–Crippen LogP) is 2.17. The Kier molecular flexibility index (Phi) is 5.37. The van der Waals surface area contributed by atoms with Gasteiger partial charge in [-0.05, 0) is 44.5 Å². The van der Waals surface area contributed by atoms with Crippen molar-refractivity contribution in [2.45, 2.75) is 38.4 Å². The van der Waals surface area contributed by atoms with Crippen LogP contribution in [0.5, 0.6) is 0 Å². The van der Waals surface area contributed by atoms with Gasteiger partial charge in [0.15, 0.2) is 0 Å². The number of carbonyl (C=O) groups is 2. The van der Waals surface area contributed by atoms with E-state index in [-0.39, 0.29) is 11.9 Å². The average Bonchev–Trinajstić information content (AvgIpc) is 3.07. The molecule has 0 bridgehead atoms. The lowest BCUT2D eigenvalue weighted by atomic mass is 9.95. The number of piperidine rings is 1. The molecule has 3 rings (SSSR count). The summed E-state index contributed by atoms with van der Waals surface area (Å²) in [6.45, 7) is 2.81. The zero-order chi connectivity index (χ0) is 18.7. The first-order valence-corrected chi connectivity index (χ1v) is 8.64. The molecule has 138 valence electrons. The molecule has 2 atom stereocenters. The van der Waals surface area contributed by atoms with E-state index in [2.05, 4.69) is 9.88 Å². The Morgan fingerprint density at radius 3 is 2.85 bits per heavy atom. The number of rotatable bonds is 5. The van der Waals surface area contributed by atoms with Crippen molar-refractivity contribution < 1.29 is 19.1 Å². The van der Waals surface area contributed by atoms with Gasteiger partial charge in [0, 0.05) is 31.5 Å². The lowest BCUT2D eigenvalue weighted by molar-refractivity contribution is -0.144. The molecule has 1 amide bonds. The summed E-state index contributed by atoms with van der Waals surface area (Å²) in [6, 6.07) is 4.73. The van der Waals surface area contributed by atoms with Crippen molar-refractivity contribution in [1.29, 1.82) is 0 Å². The Labute approximate surface area is 152 Å². The lowest BCUT2D eigenvalue weighted by Crippen LogP contribution is -2.54. The van der Waals surface area contributed by atoms with Gasteiger partial charge in [-0.1, -0.05) is 6.07 Å². The van der Waals surface area contributed by atoms with Gasteiger partial charge in [0.2, 0.25) is 0 Å². The number of likely N-dealkylation sites (tertiary alicyclic amines) is 1. The van der Waals surface area contributed by atoms with Gasteiger partial charge < -0.3 is 14.4 Å². The number of pyridine rings is 1. The van der Waals surface area contributed by atoms with Crippen LogP contribution in [0.1, 0.15) is 34.5 Å². The standard InChI is InChI=1S/C19H23N3O4/c1-13-16(6-9-26-13)18(23)22-8-5-15(10-17(22)19(24)25)21(2)12-14-4-3-7-20-11-14/h3-4,6-7,9,11,15,17H,5,8,10,12H2,1-2H3,(H,24,25)/t15-,17-/m0/s1. The lowest BCUT2D eigenvalue weighted by Gasteiger charge is -2.40. The average molecular weight is 357 g/mol. The smallest absolute Gasteiger partial charge is 0.326 e. The second-order valence-electron chi connectivity index (χ2n) is 6.70. The molecule has 0 spiro atoms. The monoisotopic (exact) mass is 357 g/mol. The fraction of sp³-hybridized carbons (Fsp3) is 0.421. The van der Waals surface area contributed by atoms with Gasteiger partial charge in [0.25, 0.3) is 5.91 Å². The molecule has 0 radical (unpaired) electrons. The van der Waals surface area contributed by atoms with Gasteiger partial charge in [-0.15, -0.1) is 0 Å². The highest BCUT2D eigenvalue weighted by Gasteiger charge is 2.38. The number of carboxylic acid groups (broad SMARTS) is 1. The van der Waals surface area contributed by atoms with Crippen molar-refractivity contribution in [3.63, 3.8) is 0 Å². The fourth-order valence-electron chi connectivity index (χ4n) is 3.49. The molecule has 1 fully saturated rings. The molecule has 2 aromatic rings. The minimum atomic E-state index is -0.973. The summed E-state index contributed by atoms with van der Waals surface area (Å²) < 4.78 is 5.19. The summed E-state index contributed by atoms with van der Waals surface area (Å²) in [5.41, 5.74) is 1.51. The topological polar surface area (TPSA) is 86.9 Å². The highest BCUT2D eigenvalue weighted by Crippen LogP contribution is 2.25. The number of nitrogens with zero attached hydrogens (tertiary/aromatic N) is 3. The van der Waals surface area contributed by atoms with Crippen molar-refractivity contribution in [1.82, 2.24) is 14.8 Å². The molecular formula is C19H23N3O4. The molecule has 1 aliphatic heterocycles. The zero-order valence-electron chi connectivity index (χ0n) is 15.0. The van der Waals surface area contributed by atoms with E-state index < -0.39 is 12.0 Å². The number of aliphatic carboxylic acids is 1. The summed E-state index contributed by atoms with van der Waals surface area (Å²) in [4.78, 5) is 32.3. The maximum absolute atomic E-state index is 12.7. The number of furan rings is 1. The Hall–Kier alpha value is -2.67. The number of carbonyl (C=O) groups excluding carboxylic acids is 1. The van der Waals surface area contributed by atoms with Crippen LogP contribution in [-0.4, -0.2) is 57.4 Å². The molecule has 1 saturated heterocycles. The van der Waals surface area contributed by atoms with E-state index in [0.29, 0.717) is 30.8 Å². The third-order valence-corrected chi connectivity index (χ3v) is 4.99. The quantitative estimate of drug-likeness (QED) is 0.882. The van der Waals surface area contributed by atoms with Crippen LogP contribution in [-0.2, 0) is 11.3 Å². The van der Waals surface area contributed by atoms with Gasteiger partial charge in [-0.25, -0.2) is 4.79 Å². The maximum atomic E-state index is 12.7. The largest absolute Gasteiger partial charge is 0.480 e. The first-order valence-electron chi connectivity index (χ1n) is 8.64. The minimum absolute atomic E-state index is 0.0887. The van der Waals surface area contributed by atoms with Gasteiger partial charge >= 0.3 is 5.97 Å². The number of carboxylic acids is 1. The number of hydrogen-bond donors (Lipinski definition) is 1. The van der Waals surface area contributed by atoms with Crippen LogP contribution >= 0.6 is 0 Å². The van der Waals surface area contributed by atoms with Gasteiger partial charge in [-0.2, -0.15) is 0 Å². The molecule has 7 nitrogen and oxygen atoms in total. The van der Waals surface area contributed by atoms with Crippen LogP contribution in [0.2, 0.25) is 0 Å². The molecule has 0 aromatic carbocycles. The van der Waals surface area contributed by atoms with E-state index in [9.17, 15) is 14.7 Å². The number of aromatic nitrogens is 1. The van der Waals surface area contributed by atoms with Gasteiger partial charge in [0.1, 0.15) is 11.8 Å². The Morgan fingerprint density at radius 1 is 1.42 bits per heavy atom. The van der Waals surface area contributed by atoms with Crippen molar-refractivity contribution in [3.05, 3.63) is 53.7 Å². The predicted molar refractivity (Wildman–Crippen MR) is 94.6 cm³/mol. The molecule has 3 heterocycles. The molecule has 2 aromatic heterocycles. The van der Waals surface area contributed by atoms with Crippen LogP contribution in [0, 0.1) is 6.92 Å². The molecule has 1 aliphatic rings. The van der Waals surface area contributed by atoms with Crippen molar-refractivity contribution >= 4 is 11.9 Å². The fourth-order valence-corrected chi connectivity index (χ4v) is 3.49. The van der Waals surface area contributed by atoms with E-state index >= 15 is 0 Å². The van der Waals surface area contributed by atoms with E-state index in [0.717, 1.165) is 12.0 Å².